The Balaban J connectivity index is 2.81. The summed E-state index contributed by atoms with van der Waals surface area (Å²) in [4.78, 5) is 18.3. The van der Waals surface area contributed by atoms with Gasteiger partial charge in [0.1, 0.15) is 0 Å². The summed E-state index contributed by atoms with van der Waals surface area (Å²) in [5, 5.41) is 9.03. The summed E-state index contributed by atoms with van der Waals surface area (Å²) in [5.41, 5.74) is 2.26. The normalized spacial score (nSPS) is 10.2. The minimum Gasteiger partial charge on any atom is -0.396 e. The molecule has 0 saturated carbocycles. The van der Waals surface area contributed by atoms with Crippen molar-refractivity contribution in [2.24, 2.45) is 0 Å². The number of pyridine rings is 1. The van der Waals surface area contributed by atoms with Crippen molar-refractivity contribution in [3.8, 4) is 0 Å². The average Bonchev–Trinajstić information content (AvgIpc) is 2.55. The largest absolute Gasteiger partial charge is 0.396 e. The monoisotopic (exact) mass is 302 g/mol. The second-order valence-electron chi connectivity index (χ2n) is 5.19. The number of aromatic nitrogens is 1. The van der Waals surface area contributed by atoms with Crippen LogP contribution in [0.1, 0.15) is 36.8 Å². The van der Waals surface area contributed by atoms with Gasteiger partial charge in [0.2, 0.25) is 5.91 Å². The molecule has 1 aromatic rings. The third-order valence-corrected chi connectivity index (χ3v) is 3.48. The van der Waals surface area contributed by atoms with Crippen LogP contribution in [-0.4, -0.2) is 34.0 Å². The van der Waals surface area contributed by atoms with Crippen LogP contribution in [0.15, 0.2) is 43.8 Å². The Morgan fingerprint density at radius 2 is 2.05 bits per heavy atom. The summed E-state index contributed by atoms with van der Waals surface area (Å²) < 4.78 is 0. The first kappa shape index (κ1) is 18.1. The first-order chi connectivity index (χ1) is 10.7. The molecular weight excluding hydrogens is 276 g/mol. The Kier molecular flexibility index (Phi) is 8.84. The molecule has 0 aliphatic carbocycles. The van der Waals surface area contributed by atoms with Gasteiger partial charge in [-0.3, -0.25) is 9.78 Å². The van der Waals surface area contributed by atoms with E-state index in [0.717, 1.165) is 24.0 Å². The SMILES string of the molecule is C=CCCC(=O)N(CCCO)Cc1ccncc1CCC=C. The fraction of sp³-hybridized carbons (Fsp3) is 0.444. The molecule has 0 saturated heterocycles. The zero-order valence-electron chi connectivity index (χ0n) is 13.2. The lowest BCUT2D eigenvalue weighted by molar-refractivity contribution is -0.131. The minimum absolute atomic E-state index is 0.0882. The van der Waals surface area contributed by atoms with E-state index in [1.165, 1.54) is 0 Å². The van der Waals surface area contributed by atoms with Crippen LogP contribution in [0, 0.1) is 0 Å². The Morgan fingerprint density at radius 1 is 1.27 bits per heavy atom. The van der Waals surface area contributed by atoms with Crippen molar-refractivity contribution >= 4 is 5.91 Å². The van der Waals surface area contributed by atoms with Crippen LogP contribution in [-0.2, 0) is 17.8 Å². The van der Waals surface area contributed by atoms with Gasteiger partial charge >= 0.3 is 0 Å². The zero-order chi connectivity index (χ0) is 16.2. The summed E-state index contributed by atoms with van der Waals surface area (Å²) in [5.74, 6) is 0.0971. The number of hydrogen-bond donors (Lipinski definition) is 1. The summed E-state index contributed by atoms with van der Waals surface area (Å²) in [6.45, 7) is 8.62. The van der Waals surface area contributed by atoms with Crippen LogP contribution in [0.2, 0.25) is 0 Å². The number of aryl methyl sites for hydroxylation is 1. The van der Waals surface area contributed by atoms with Gasteiger partial charge in [-0.1, -0.05) is 12.2 Å². The van der Waals surface area contributed by atoms with Gasteiger partial charge in [-0.2, -0.15) is 0 Å². The third-order valence-electron chi connectivity index (χ3n) is 3.48. The van der Waals surface area contributed by atoms with Crippen LogP contribution in [0.25, 0.3) is 0 Å². The molecule has 0 aromatic carbocycles. The Hall–Kier alpha value is -1.94. The predicted octanol–water partition coefficient (Wildman–Crippen LogP) is 2.88. The lowest BCUT2D eigenvalue weighted by atomic mass is 10.0. The summed E-state index contributed by atoms with van der Waals surface area (Å²) in [7, 11) is 0. The van der Waals surface area contributed by atoms with E-state index in [9.17, 15) is 4.79 Å². The van der Waals surface area contributed by atoms with Crippen LogP contribution < -0.4 is 0 Å². The quantitative estimate of drug-likeness (QED) is 0.640. The lowest BCUT2D eigenvalue weighted by Crippen LogP contribution is -2.32. The summed E-state index contributed by atoms with van der Waals surface area (Å²) >= 11 is 0. The van der Waals surface area contributed by atoms with E-state index in [1.807, 2.05) is 23.2 Å². The van der Waals surface area contributed by atoms with E-state index < -0.39 is 0 Å². The molecule has 1 heterocycles. The number of hydrogen-bond acceptors (Lipinski definition) is 3. The molecule has 4 heteroatoms. The van der Waals surface area contributed by atoms with Gasteiger partial charge in [-0.05, 0) is 42.9 Å². The number of amides is 1. The first-order valence-electron chi connectivity index (χ1n) is 7.75. The Labute approximate surface area is 133 Å². The number of carbonyl (C=O) groups excluding carboxylic acids is 1. The lowest BCUT2D eigenvalue weighted by Gasteiger charge is -2.23. The highest BCUT2D eigenvalue weighted by Crippen LogP contribution is 2.14. The van der Waals surface area contributed by atoms with Crippen molar-refractivity contribution in [2.45, 2.75) is 38.6 Å². The molecule has 1 amide bonds. The average molecular weight is 302 g/mol. The van der Waals surface area contributed by atoms with Crippen molar-refractivity contribution in [3.05, 3.63) is 54.9 Å². The van der Waals surface area contributed by atoms with Crippen molar-refractivity contribution in [3.63, 3.8) is 0 Å². The van der Waals surface area contributed by atoms with E-state index in [0.29, 0.717) is 32.4 Å². The van der Waals surface area contributed by atoms with E-state index >= 15 is 0 Å². The van der Waals surface area contributed by atoms with Gasteiger partial charge in [0.25, 0.3) is 0 Å². The molecule has 120 valence electrons. The number of allylic oxidation sites excluding steroid dienone is 2. The van der Waals surface area contributed by atoms with Gasteiger partial charge in [0, 0.05) is 38.5 Å². The number of aliphatic hydroxyl groups is 1. The molecule has 4 nitrogen and oxygen atoms in total. The molecule has 1 N–H and O–H groups in total. The molecule has 0 bridgehead atoms. The molecule has 0 unspecified atom stereocenters. The smallest absolute Gasteiger partial charge is 0.223 e. The van der Waals surface area contributed by atoms with Gasteiger partial charge < -0.3 is 10.0 Å². The number of nitrogens with zero attached hydrogens (tertiary/aromatic N) is 2. The molecule has 0 spiro atoms. The maximum atomic E-state index is 12.3. The van der Waals surface area contributed by atoms with Crippen LogP contribution in [0.4, 0.5) is 0 Å². The van der Waals surface area contributed by atoms with Gasteiger partial charge in [-0.15, -0.1) is 13.2 Å². The summed E-state index contributed by atoms with van der Waals surface area (Å²) in [6, 6.07) is 1.96. The van der Waals surface area contributed by atoms with E-state index in [1.54, 1.807) is 12.3 Å². The van der Waals surface area contributed by atoms with E-state index in [4.69, 9.17) is 5.11 Å². The zero-order valence-corrected chi connectivity index (χ0v) is 13.2. The van der Waals surface area contributed by atoms with Gasteiger partial charge in [0.15, 0.2) is 0 Å². The third kappa shape index (κ3) is 6.22. The molecule has 1 aromatic heterocycles. The van der Waals surface area contributed by atoms with Crippen molar-refractivity contribution < 1.29 is 9.90 Å². The second kappa shape index (κ2) is 10.7. The van der Waals surface area contributed by atoms with Gasteiger partial charge in [-0.25, -0.2) is 0 Å². The first-order valence-corrected chi connectivity index (χ1v) is 7.75. The topological polar surface area (TPSA) is 53.4 Å². The van der Waals surface area contributed by atoms with Crippen LogP contribution in [0.5, 0.6) is 0 Å². The highest BCUT2D eigenvalue weighted by Gasteiger charge is 2.14. The number of carbonyl (C=O) groups is 1. The van der Waals surface area contributed by atoms with Crippen LogP contribution >= 0.6 is 0 Å². The van der Waals surface area contributed by atoms with Crippen molar-refractivity contribution in [2.75, 3.05) is 13.2 Å². The molecule has 22 heavy (non-hydrogen) atoms. The summed E-state index contributed by atoms with van der Waals surface area (Å²) in [6.07, 6.45) is 10.7. The molecule has 0 atom stereocenters. The Bertz CT molecular complexity index is 486. The van der Waals surface area contributed by atoms with Gasteiger partial charge in [0.05, 0.1) is 0 Å². The maximum absolute atomic E-state index is 12.3. The second-order valence-corrected chi connectivity index (χ2v) is 5.19. The molecule has 1 rings (SSSR count). The Morgan fingerprint density at radius 3 is 2.73 bits per heavy atom. The fourth-order valence-corrected chi connectivity index (χ4v) is 2.24. The standard InChI is InChI=1S/C18H26N2O2/c1-3-5-8-16-14-19-11-10-17(16)15-20(12-7-13-21)18(22)9-6-4-2/h3-4,10-11,14,21H,1-2,5-9,12-13,15H2. The molecule has 0 aliphatic rings. The molecular formula is C18H26N2O2. The van der Waals surface area contributed by atoms with E-state index in [-0.39, 0.29) is 12.5 Å². The van der Waals surface area contributed by atoms with Crippen molar-refractivity contribution in [1.29, 1.82) is 0 Å². The molecule has 0 radical (unpaired) electrons. The highest BCUT2D eigenvalue weighted by atomic mass is 16.3. The number of rotatable bonds is 11. The minimum atomic E-state index is 0.0882. The fourth-order valence-electron chi connectivity index (χ4n) is 2.24. The predicted molar refractivity (Wildman–Crippen MR) is 89.3 cm³/mol. The maximum Gasteiger partial charge on any atom is 0.223 e. The van der Waals surface area contributed by atoms with Crippen molar-refractivity contribution in [1.82, 2.24) is 9.88 Å². The highest BCUT2D eigenvalue weighted by molar-refractivity contribution is 5.76. The van der Waals surface area contributed by atoms with Crippen LogP contribution in [0.3, 0.4) is 0 Å². The van der Waals surface area contributed by atoms with E-state index in [2.05, 4.69) is 18.1 Å². The molecule has 0 fully saturated rings. The molecule has 0 aliphatic heterocycles. The number of aliphatic hydroxyl groups excluding tert-OH is 1.